The van der Waals surface area contributed by atoms with Crippen LogP contribution in [0.25, 0.3) is 0 Å². The number of epoxide rings is 1. The van der Waals surface area contributed by atoms with E-state index in [4.69, 9.17) is 5.11 Å². The van der Waals surface area contributed by atoms with E-state index in [9.17, 15) is 4.79 Å². The summed E-state index contributed by atoms with van der Waals surface area (Å²) in [6.07, 6.45) is 0.624. The maximum absolute atomic E-state index is 9.96. The van der Waals surface area contributed by atoms with Crippen LogP contribution < -0.4 is 0 Å². The first-order chi connectivity index (χ1) is 3.75. The lowest BCUT2D eigenvalue weighted by Crippen LogP contribution is -2.05. The first-order valence-electron chi connectivity index (χ1n) is 2.26. The fraction of sp³-hybridized carbons (Fsp3) is 0.400. The summed E-state index contributed by atoms with van der Waals surface area (Å²) in [6, 6.07) is 0. The summed E-state index contributed by atoms with van der Waals surface area (Å²) in [5, 5.41) is 8.18. The van der Waals surface area contributed by atoms with Crippen LogP contribution in [0.5, 0.6) is 0 Å². The first-order valence-corrected chi connectivity index (χ1v) is 2.26. The van der Waals surface area contributed by atoms with Crippen molar-refractivity contribution in [2.75, 3.05) is 0 Å². The van der Waals surface area contributed by atoms with Crippen molar-refractivity contribution in [1.29, 1.82) is 0 Å². The first kappa shape index (κ1) is 5.31. The topological polar surface area (TPSA) is 49.8 Å². The standard InChI is InChI=1S/C5H6O3/c1-2-3-4(8-3)5(6)7/h2-4H,1H2,(H,6,7)/t3-,4-/m0/s1. The van der Waals surface area contributed by atoms with Gasteiger partial charge in [0.2, 0.25) is 0 Å². The summed E-state index contributed by atoms with van der Waals surface area (Å²) in [6.45, 7) is 3.37. The van der Waals surface area contributed by atoms with Crippen LogP contribution in [0.15, 0.2) is 12.7 Å². The molecule has 1 rings (SSSR count). The van der Waals surface area contributed by atoms with Crippen molar-refractivity contribution in [2.24, 2.45) is 0 Å². The normalized spacial score (nSPS) is 34.0. The molecule has 0 spiro atoms. The minimum Gasteiger partial charge on any atom is -0.479 e. The molecule has 1 aliphatic rings. The Morgan fingerprint density at radius 3 is 2.62 bits per heavy atom. The molecule has 1 N–H and O–H groups in total. The smallest absolute Gasteiger partial charge is 0.335 e. The Labute approximate surface area is 46.6 Å². The highest BCUT2D eigenvalue weighted by Gasteiger charge is 2.42. The van der Waals surface area contributed by atoms with Crippen LogP contribution in [0.4, 0.5) is 0 Å². The maximum Gasteiger partial charge on any atom is 0.335 e. The van der Waals surface area contributed by atoms with E-state index in [1.165, 1.54) is 6.08 Å². The number of rotatable bonds is 2. The van der Waals surface area contributed by atoms with Crippen LogP contribution in [0.2, 0.25) is 0 Å². The average Bonchev–Trinajstić information content (AvgIpc) is 2.42. The highest BCUT2D eigenvalue weighted by atomic mass is 16.6. The Morgan fingerprint density at radius 2 is 2.50 bits per heavy atom. The molecule has 8 heavy (non-hydrogen) atoms. The SMILES string of the molecule is C=C[C@@H]1O[C@@H]1C(=O)O. The van der Waals surface area contributed by atoms with Crippen molar-refractivity contribution in [3.8, 4) is 0 Å². The second-order valence-corrected chi connectivity index (χ2v) is 1.60. The van der Waals surface area contributed by atoms with Crippen LogP contribution >= 0.6 is 0 Å². The fourth-order valence-corrected chi connectivity index (χ4v) is 0.502. The number of carbonyl (C=O) groups is 1. The molecular weight excluding hydrogens is 108 g/mol. The van der Waals surface area contributed by atoms with Gasteiger partial charge < -0.3 is 9.84 Å². The van der Waals surface area contributed by atoms with Crippen LogP contribution in [-0.4, -0.2) is 23.3 Å². The molecule has 0 aromatic carbocycles. The second-order valence-electron chi connectivity index (χ2n) is 1.60. The van der Waals surface area contributed by atoms with E-state index in [0.717, 1.165) is 0 Å². The summed E-state index contributed by atoms with van der Waals surface area (Å²) in [4.78, 5) is 9.96. The molecule has 0 aliphatic carbocycles. The molecule has 0 saturated carbocycles. The number of hydrogen-bond acceptors (Lipinski definition) is 2. The van der Waals surface area contributed by atoms with Crippen LogP contribution in [0.1, 0.15) is 0 Å². The molecule has 3 heteroatoms. The maximum atomic E-state index is 9.96. The van der Waals surface area contributed by atoms with Crippen LogP contribution in [0, 0.1) is 0 Å². The minimum absolute atomic E-state index is 0.243. The molecule has 0 amide bonds. The molecule has 3 nitrogen and oxygen atoms in total. The number of carboxylic acid groups (broad SMARTS) is 1. The number of ether oxygens (including phenoxy) is 1. The quantitative estimate of drug-likeness (QED) is 0.407. The zero-order valence-corrected chi connectivity index (χ0v) is 4.20. The van der Waals surface area contributed by atoms with Crippen molar-refractivity contribution in [3.63, 3.8) is 0 Å². The van der Waals surface area contributed by atoms with Crippen molar-refractivity contribution < 1.29 is 14.6 Å². The fourth-order valence-electron chi connectivity index (χ4n) is 0.502. The molecule has 44 valence electrons. The minimum atomic E-state index is -0.908. The Hall–Kier alpha value is -0.830. The molecule has 0 aromatic heterocycles. The predicted molar refractivity (Wildman–Crippen MR) is 26.5 cm³/mol. The van der Waals surface area contributed by atoms with E-state index >= 15 is 0 Å². The number of hydrogen-bond donors (Lipinski definition) is 1. The lowest BCUT2D eigenvalue weighted by atomic mass is 10.3. The highest BCUT2D eigenvalue weighted by Crippen LogP contribution is 2.22. The average molecular weight is 114 g/mol. The zero-order valence-electron chi connectivity index (χ0n) is 4.20. The van der Waals surface area contributed by atoms with Gasteiger partial charge >= 0.3 is 5.97 Å². The highest BCUT2D eigenvalue weighted by molar-refractivity contribution is 5.76. The molecule has 2 atom stereocenters. The van der Waals surface area contributed by atoms with Crippen LogP contribution in [-0.2, 0) is 9.53 Å². The van der Waals surface area contributed by atoms with Gasteiger partial charge in [0.05, 0.1) is 0 Å². The Balaban J connectivity index is 2.36. The van der Waals surface area contributed by atoms with E-state index in [0.29, 0.717) is 0 Å². The van der Waals surface area contributed by atoms with Crippen molar-refractivity contribution >= 4 is 5.97 Å². The Morgan fingerprint density at radius 1 is 1.88 bits per heavy atom. The lowest BCUT2D eigenvalue weighted by Gasteiger charge is -1.75. The van der Waals surface area contributed by atoms with Gasteiger partial charge in [-0.3, -0.25) is 0 Å². The molecule has 0 aromatic rings. The van der Waals surface area contributed by atoms with E-state index < -0.39 is 12.1 Å². The predicted octanol–water partition coefficient (Wildman–Crippen LogP) is 0.0244. The monoisotopic (exact) mass is 114 g/mol. The van der Waals surface area contributed by atoms with Gasteiger partial charge in [-0.05, 0) is 0 Å². The Kier molecular flexibility index (Phi) is 1.06. The third-order valence-electron chi connectivity index (χ3n) is 1.00. The van der Waals surface area contributed by atoms with Gasteiger partial charge in [-0.25, -0.2) is 4.79 Å². The molecular formula is C5H6O3. The van der Waals surface area contributed by atoms with Gasteiger partial charge in [0.1, 0.15) is 6.10 Å². The molecule has 1 saturated heterocycles. The third-order valence-corrected chi connectivity index (χ3v) is 1.00. The Bertz CT molecular complexity index is 130. The van der Waals surface area contributed by atoms with E-state index in [1.807, 2.05) is 0 Å². The summed E-state index contributed by atoms with van der Waals surface area (Å²) in [5.41, 5.74) is 0. The van der Waals surface area contributed by atoms with Crippen molar-refractivity contribution in [1.82, 2.24) is 0 Å². The molecule has 0 bridgehead atoms. The zero-order chi connectivity index (χ0) is 6.15. The van der Waals surface area contributed by atoms with Crippen LogP contribution in [0.3, 0.4) is 0 Å². The van der Waals surface area contributed by atoms with E-state index in [-0.39, 0.29) is 6.10 Å². The third kappa shape index (κ3) is 0.721. The van der Waals surface area contributed by atoms with Gasteiger partial charge in [0.25, 0.3) is 0 Å². The van der Waals surface area contributed by atoms with Gasteiger partial charge in [-0.15, -0.1) is 6.58 Å². The second kappa shape index (κ2) is 1.59. The van der Waals surface area contributed by atoms with Gasteiger partial charge in [-0.2, -0.15) is 0 Å². The summed E-state index contributed by atoms with van der Waals surface area (Å²) < 4.78 is 4.61. The molecule has 1 fully saturated rings. The molecule has 0 unspecified atom stereocenters. The van der Waals surface area contributed by atoms with E-state index in [1.54, 1.807) is 0 Å². The summed E-state index contributed by atoms with van der Waals surface area (Å²) >= 11 is 0. The van der Waals surface area contributed by atoms with Gasteiger partial charge in [-0.1, -0.05) is 6.08 Å². The molecule has 0 radical (unpaired) electrons. The molecule has 1 heterocycles. The number of carboxylic acids is 1. The van der Waals surface area contributed by atoms with Gasteiger partial charge in [0.15, 0.2) is 6.10 Å². The number of aliphatic carboxylic acids is 1. The summed E-state index contributed by atoms with van der Waals surface area (Å²) in [7, 11) is 0. The lowest BCUT2D eigenvalue weighted by molar-refractivity contribution is -0.138. The van der Waals surface area contributed by atoms with Crippen molar-refractivity contribution in [2.45, 2.75) is 12.2 Å². The summed E-state index contributed by atoms with van der Waals surface area (Å²) in [5.74, 6) is -0.908. The van der Waals surface area contributed by atoms with E-state index in [2.05, 4.69) is 11.3 Å². The van der Waals surface area contributed by atoms with Gasteiger partial charge in [0, 0.05) is 0 Å². The largest absolute Gasteiger partial charge is 0.479 e. The molecule has 1 aliphatic heterocycles. The van der Waals surface area contributed by atoms with Crippen molar-refractivity contribution in [3.05, 3.63) is 12.7 Å².